The Balaban J connectivity index is 2.21. The first-order valence-corrected chi connectivity index (χ1v) is 10.0. The summed E-state index contributed by atoms with van der Waals surface area (Å²) < 4.78 is 32.6. The summed E-state index contributed by atoms with van der Waals surface area (Å²) in [6.07, 6.45) is 0.892. The molecule has 20 heavy (non-hydrogen) atoms. The van der Waals surface area contributed by atoms with Gasteiger partial charge in [0.15, 0.2) is 4.67 Å². The van der Waals surface area contributed by atoms with Crippen LogP contribution in [0, 0.1) is 0 Å². The summed E-state index contributed by atoms with van der Waals surface area (Å²) in [4.78, 5) is 0.234. The molecule has 0 saturated carbocycles. The van der Waals surface area contributed by atoms with Gasteiger partial charge in [-0.25, -0.2) is 8.42 Å². The van der Waals surface area contributed by atoms with E-state index in [1.807, 2.05) is 6.92 Å². The van der Waals surface area contributed by atoms with E-state index in [2.05, 4.69) is 21.2 Å². The van der Waals surface area contributed by atoms with Crippen LogP contribution in [-0.4, -0.2) is 43.9 Å². The quantitative estimate of drug-likeness (QED) is 0.845. The Hall–Kier alpha value is -0.0200. The Morgan fingerprint density at radius 2 is 2.25 bits per heavy atom. The summed E-state index contributed by atoms with van der Waals surface area (Å²) in [7, 11) is -3.47. The molecule has 114 valence electrons. The molecule has 0 radical (unpaired) electrons. The van der Waals surface area contributed by atoms with Gasteiger partial charge in [0.05, 0.1) is 6.54 Å². The average Bonchev–Trinajstić information content (AvgIpc) is 2.65. The summed E-state index contributed by atoms with van der Waals surface area (Å²) >= 11 is 5.03. The van der Waals surface area contributed by atoms with Gasteiger partial charge < -0.3 is 9.73 Å². The third-order valence-corrected chi connectivity index (χ3v) is 6.86. The van der Waals surface area contributed by atoms with Crippen molar-refractivity contribution in [2.45, 2.75) is 24.8 Å². The van der Waals surface area contributed by atoms with Gasteiger partial charge in [0, 0.05) is 24.9 Å². The van der Waals surface area contributed by atoms with Gasteiger partial charge in [-0.1, -0.05) is 6.92 Å². The average molecular weight is 383 g/mol. The maximum absolute atomic E-state index is 12.7. The lowest BCUT2D eigenvalue weighted by molar-refractivity contribution is 0.430. The van der Waals surface area contributed by atoms with E-state index in [0.29, 0.717) is 30.1 Å². The highest BCUT2D eigenvalue weighted by Crippen LogP contribution is 2.29. The van der Waals surface area contributed by atoms with Gasteiger partial charge >= 0.3 is 0 Å². The fourth-order valence-corrected chi connectivity index (χ4v) is 5.45. The molecule has 1 aromatic heterocycles. The molecular formula is C12H19BrN2O3S2. The number of furan rings is 1. The number of nitrogens with one attached hydrogen (secondary N) is 1. The molecule has 1 aliphatic heterocycles. The normalized spacial score (nSPS) is 18.1. The van der Waals surface area contributed by atoms with Crippen LogP contribution in [0.15, 0.2) is 20.0 Å². The predicted octanol–water partition coefficient (Wildman–Crippen LogP) is 2.28. The number of nitrogens with zero attached hydrogens (tertiary/aromatic N) is 1. The van der Waals surface area contributed by atoms with Crippen LogP contribution in [-0.2, 0) is 16.6 Å². The van der Waals surface area contributed by atoms with E-state index in [-0.39, 0.29) is 4.90 Å². The largest absolute Gasteiger partial charge is 0.452 e. The van der Waals surface area contributed by atoms with Crippen LogP contribution in [0.5, 0.6) is 0 Å². The first-order valence-electron chi connectivity index (χ1n) is 6.62. The smallest absolute Gasteiger partial charge is 0.247 e. The van der Waals surface area contributed by atoms with E-state index >= 15 is 0 Å². The van der Waals surface area contributed by atoms with E-state index in [1.54, 1.807) is 22.1 Å². The van der Waals surface area contributed by atoms with Crippen molar-refractivity contribution in [2.24, 2.45) is 0 Å². The molecule has 0 atom stereocenters. The maximum Gasteiger partial charge on any atom is 0.247 e. The number of hydrogen-bond acceptors (Lipinski definition) is 5. The minimum absolute atomic E-state index is 0.234. The lowest BCUT2D eigenvalue weighted by Gasteiger charge is -2.18. The van der Waals surface area contributed by atoms with Crippen molar-refractivity contribution in [2.75, 3.05) is 31.1 Å². The van der Waals surface area contributed by atoms with Crippen molar-refractivity contribution in [3.8, 4) is 0 Å². The minimum Gasteiger partial charge on any atom is -0.452 e. The topological polar surface area (TPSA) is 62.6 Å². The zero-order valence-electron chi connectivity index (χ0n) is 11.4. The Bertz CT molecular complexity index is 537. The molecule has 0 spiro atoms. The summed E-state index contributed by atoms with van der Waals surface area (Å²) in [5, 5.41) is 3.12. The highest BCUT2D eigenvalue weighted by molar-refractivity contribution is 9.10. The molecule has 5 nitrogen and oxygen atoms in total. The zero-order valence-corrected chi connectivity index (χ0v) is 14.6. The monoisotopic (exact) mass is 382 g/mol. The SMILES string of the molecule is CCNCc1cc(S(=O)(=O)N2CCCSCC2)c(Br)o1. The highest BCUT2D eigenvalue weighted by Gasteiger charge is 2.29. The molecule has 8 heteroatoms. The van der Waals surface area contributed by atoms with Crippen molar-refractivity contribution in [3.05, 3.63) is 16.5 Å². The molecule has 0 aliphatic carbocycles. The van der Waals surface area contributed by atoms with E-state index in [4.69, 9.17) is 4.42 Å². The molecule has 2 rings (SSSR count). The number of halogens is 1. The second kappa shape index (κ2) is 7.31. The lowest BCUT2D eigenvalue weighted by Crippen LogP contribution is -2.33. The molecule has 1 fully saturated rings. The van der Waals surface area contributed by atoms with Crippen molar-refractivity contribution < 1.29 is 12.8 Å². The summed E-state index contributed by atoms with van der Waals surface area (Å²) in [6.45, 7) is 4.47. The van der Waals surface area contributed by atoms with Crippen LogP contribution >= 0.6 is 27.7 Å². The first-order chi connectivity index (χ1) is 9.55. The van der Waals surface area contributed by atoms with Crippen LogP contribution in [0.25, 0.3) is 0 Å². The van der Waals surface area contributed by atoms with E-state index in [9.17, 15) is 8.42 Å². The van der Waals surface area contributed by atoms with Crippen LogP contribution < -0.4 is 5.32 Å². The number of sulfonamides is 1. The van der Waals surface area contributed by atoms with Crippen LogP contribution in [0.4, 0.5) is 0 Å². The number of hydrogen-bond donors (Lipinski definition) is 1. The van der Waals surface area contributed by atoms with Gasteiger partial charge in [-0.2, -0.15) is 16.1 Å². The van der Waals surface area contributed by atoms with E-state index < -0.39 is 10.0 Å². The third-order valence-electron chi connectivity index (χ3n) is 3.05. The maximum atomic E-state index is 12.7. The van der Waals surface area contributed by atoms with Gasteiger partial charge in [-0.3, -0.25) is 0 Å². The second-order valence-corrected chi connectivity index (χ2v) is 8.35. The van der Waals surface area contributed by atoms with Gasteiger partial charge in [-0.05, 0) is 34.6 Å². The fourth-order valence-electron chi connectivity index (χ4n) is 2.01. The van der Waals surface area contributed by atoms with Crippen LogP contribution in [0.1, 0.15) is 19.1 Å². The Kier molecular flexibility index (Phi) is 5.97. The number of thioether (sulfide) groups is 1. The predicted molar refractivity (Wildman–Crippen MR) is 84.5 cm³/mol. The molecule has 1 saturated heterocycles. The van der Waals surface area contributed by atoms with Crippen molar-refractivity contribution in [1.29, 1.82) is 0 Å². The summed E-state index contributed by atoms with van der Waals surface area (Å²) in [5.74, 6) is 2.49. The van der Waals surface area contributed by atoms with E-state index in [1.165, 1.54) is 0 Å². The summed E-state index contributed by atoms with van der Waals surface area (Å²) in [6, 6.07) is 1.61. The molecule has 0 bridgehead atoms. The molecule has 1 N–H and O–H groups in total. The number of rotatable bonds is 5. The van der Waals surface area contributed by atoms with Crippen molar-refractivity contribution >= 4 is 37.7 Å². The summed E-state index contributed by atoms with van der Waals surface area (Å²) in [5.41, 5.74) is 0. The van der Waals surface area contributed by atoms with Gasteiger partial charge in [0.25, 0.3) is 0 Å². The molecule has 1 aliphatic rings. The van der Waals surface area contributed by atoms with Crippen LogP contribution in [0.2, 0.25) is 0 Å². The molecular weight excluding hydrogens is 364 g/mol. The Morgan fingerprint density at radius 1 is 1.45 bits per heavy atom. The van der Waals surface area contributed by atoms with Crippen molar-refractivity contribution in [1.82, 2.24) is 9.62 Å². The molecule has 0 amide bonds. The van der Waals surface area contributed by atoms with E-state index in [0.717, 1.165) is 24.5 Å². The molecule has 0 aromatic carbocycles. The van der Waals surface area contributed by atoms with Gasteiger partial charge in [-0.15, -0.1) is 0 Å². The van der Waals surface area contributed by atoms with Crippen LogP contribution in [0.3, 0.4) is 0 Å². The minimum atomic E-state index is -3.47. The highest BCUT2D eigenvalue weighted by atomic mass is 79.9. The second-order valence-electron chi connectivity index (χ2n) is 4.50. The third kappa shape index (κ3) is 3.79. The van der Waals surface area contributed by atoms with Gasteiger partial charge in [0.2, 0.25) is 10.0 Å². The Labute approximate surface area is 132 Å². The zero-order chi connectivity index (χ0) is 14.6. The molecule has 0 unspecified atom stereocenters. The standard InChI is InChI=1S/C12H19BrN2O3S2/c1-2-14-9-10-8-11(12(13)18-10)20(16,17)15-4-3-6-19-7-5-15/h8,14H,2-7,9H2,1H3. The first kappa shape index (κ1) is 16.4. The molecule has 2 heterocycles. The Morgan fingerprint density at radius 3 is 3.00 bits per heavy atom. The molecule has 1 aromatic rings. The van der Waals surface area contributed by atoms with Crippen molar-refractivity contribution in [3.63, 3.8) is 0 Å². The fraction of sp³-hybridized carbons (Fsp3) is 0.667. The van der Waals surface area contributed by atoms with Gasteiger partial charge in [0.1, 0.15) is 10.7 Å². The lowest BCUT2D eigenvalue weighted by atomic mass is 10.4.